The largest absolute Gasteiger partial charge is 0.416 e. The van der Waals surface area contributed by atoms with Crippen molar-refractivity contribution in [2.75, 3.05) is 6.54 Å². The Kier molecular flexibility index (Phi) is 3.90. The van der Waals surface area contributed by atoms with Gasteiger partial charge in [-0.25, -0.2) is 4.79 Å². The number of benzene rings is 1. The van der Waals surface area contributed by atoms with Crippen molar-refractivity contribution in [2.45, 2.75) is 31.7 Å². The van der Waals surface area contributed by atoms with Crippen LogP contribution in [0, 0.1) is 0 Å². The van der Waals surface area contributed by atoms with E-state index < -0.39 is 41.9 Å². The summed E-state index contributed by atoms with van der Waals surface area (Å²) in [6.07, 6.45) is -5.93. The first-order valence-electron chi connectivity index (χ1n) is 6.52. The van der Waals surface area contributed by atoms with Crippen molar-refractivity contribution in [2.24, 2.45) is 0 Å². The van der Waals surface area contributed by atoms with Crippen molar-refractivity contribution < 1.29 is 27.9 Å². The van der Waals surface area contributed by atoms with Crippen molar-refractivity contribution in [3.63, 3.8) is 0 Å². The van der Waals surface area contributed by atoms with E-state index in [9.17, 15) is 27.9 Å². The van der Waals surface area contributed by atoms with Crippen LogP contribution in [0.15, 0.2) is 24.3 Å². The highest BCUT2D eigenvalue weighted by Crippen LogP contribution is 2.31. The van der Waals surface area contributed by atoms with Gasteiger partial charge in [0.2, 0.25) is 0 Å². The van der Waals surface area contributed by atoms with Crippen LogP contribution in [0.3, 0.4) is 0 Å². The van der Waals surface area contributed by atoms with Gasteiger partial charge in [0.05, 0.1) is 18.2 Å². The molecule has 1 fully saturated rings. The Hall–Kier alpha value is -2.09. The summed E-state index contributed by atoms with van der Waals surface area (Å²) in [5.74, 6) is -0.538. The number of halogens is 3. The zero-order valence-electron chi connectivity index (χ0n) is 11.9. The lowest BCUT2D eigenvalue weighted by atomic mass is 10.0. The molecule has 0 bridgehead atoms. The highest BCUT2D eigenvalue weighted by atomic mass is 19.4. The van der Waals surface area contributed by atoms with Crippen LogP contribution in [-0.2, 0) is 11.0 Å². The summed E-state index contributed by atoms with van der Waals surface area (Å²) in [6.45, 7) is 2.60. The molecule has 0 spiro atoms. The van der Waals surface area contributed by atoms with Crippen LogP contribution in [0.25, 0.3) is 0 Å². The van der Waals surface area contributed by atoms with Crippen LogP contribution >= 0.6 is 0 Å². The molecule has 5 nitrogen and oxygen atoms in total. The Labute approximate surface area is 124 Å². The van der Waals surface area contributed by atoms with Gasteiger partial charge in [-0.15, -0.1) is 0 Å². The van der Waals surface area contributed by atoms with Gasteiger partial charge in [0.1, 0.15) is 5.54 Å². The molecule has 1 saturated heterocycles. The van der Waals surface area contributed by atoms with E-state index in [0.29, 0.717) is 0 Å². The molecule has 1 atom stereocenters. The first-order valence-corrected chi connectivity index (χ1v) is 6.52. The number of aliphatic hydroxyl groups is 1. The maximum Gasteiger partial charge on any atom is 0.416 e. The smallest absolute Gasteiger partial charge is 0.387 e. The molecule has 0 radical (unpaired) electrons. The molecule has 22 heavy (non-hydrogen) atoms. The van der Waals surface area contributed by atoms with Crippen molar-refractivity contribution >= 4 is 11.9 Å². The number of rotatable bonds is 3. The molecule has 120 valence electrons. The Morgan fingerprint density at radius 3 is 2.45 bits per heavy atom. The minimum absolute atomic E-state index is 0.0138. The molecule has 0 unspecified atom stereocenters. The first-order chi connectivity index (χ1) is 10.0. The molecule has 2 rings (SSSR count). The van der Waals surface area contributed by atoms with Crippen LogP contribution < -0.4 is 5.32 Å². The monoisotopic (exact) mass is 316 g/mol. The number of alkyl halides is 3. The van der Waals surface area contributed by atoms with Gasteiger partial charge >= 0.3 is 12.2 Å². The van der Waals surface area contributed by atoms with Crippen molar-refractivity contribution in [1.82, 2.24) is 10.2 Å². The molecule has 0 aromatic heterocycles. The van der Waals surface area contributed by atoms with Gasteiger partial charge in [0.15, 0.2) is 0 Å². The molecule has 2 N–H and O–H groups in total. The van der Waals surface area contributed by atoms with E-state index in [0.717, 1.165) is 23.1 Å². The lowest BCUT2D eigenvalue weighted by Gasteiger charge is -2.20. The number of nitrogens with zero attached hydrogens (tertiary/aromatic N) is 1. The summed E-state index contributed by atoms with van der Waals surface area (Å²) in [5.41, 5.74) is -2.01. The maximum absolute atomic E-state index is 12.7. The number of hydrogen-bond donors (Lipinski definition) is 2. The molecular weight excluding hydrogens is 301 g/mol. The number of hydrogen-bond acceptors (Lipinski definition) is 3. The first kappa shape index (κ1) is 16.3. The molecule has 1 aromatic rings. The lowest BCUT2D eigenvalue weighted by Crippen LogP contribution is -2.40. The second-order valence-electron chi connectivity index (χ2n) is 5.61. The number of nitrogens with one attached hydrogen (secondary N) is 1. The Balaban J connectivity index is 2.18. The van der Waals surface area contributed by atoms with E-state index in [1.54, 1.807) is 0 Å². The number of carbonyl (C=O) groups excluding carboxylic acids is 2. The summed E-state index contributed by atoms with van der Waals surface area (Å²) in [5, 5.41) is 12.5. The minimum Gasteiger partial charge on any atom is -0.387 e. The van der Waals surface area contributed by atoms with Gasteiger partial charge in [-0.05, 0) is 31.5 Å². The van der Waals surface area contributed by atoms with Crippen molar-refractivity contribution in [3.8, 4) is 0 Å². The zero-order chi connectivity index (χ0) is 16.7. The number of β-amino-alcohol motifs (C(OH)–C–C–N with tert-alkyl or cyclic N) is 1. The summed E-state index contributed by atoms with van der Waals surface area (Å²) in [6, 6.07) is 3.48. The summed E-state index contributed by atoms with van der Waals surface area (Å²) in [4.78, 5) is 24.5. The predicted octanol–water partition coefficient (Wildman–Crippen LogP) is 2.07. The second kappa shape index (κ2) is 5.28. The SMILES string of the molecule is CC1(C)NC(=O)N(C[C@@H](O)c2cccc(C(F)(F)F)c2)C1=O. The minimum atomic E-state index is -4.53. The van der Waals surface area contributed by atoms with Crippen LogP contribution in [0.1, 0.15) is 31.1 Å². The molecule has 0 aliphatic carbocycles. The summed E-state index contributed by atoms with van der Waals surface area (Å²) in [7, 11) is 0. The quantitative estimate of drug-likeness (QED) is 0.839. The normalized spacial score (nSPS) is 19.3. The number of urea groups is 1. The Morgan fingerprint density at radius 2 is 1.95 bits per heavy atom. The van der Waals surface area contributed by atoms with Crippen LogP contribution in [0.5, 0.6) is 0 Å². The highest BCUT2D eigenvalue weighted by Gasteiger charge is 2.44. The number of imide groups is 1. The average Bonchev–Trinajstić information content (AvgIpc) is 2.60. The fourth-order valence-corrected chi connectivity index (χ4v) is 2.18. The van der Waals surface area contributed by atoms with E-state index in [2.05, 4.69) is 5.32 Å². The Morgan fingerprint density at radius 1 is 1.32 bits per heavy atom. The molecular formula is C14H15F3N2O3. The lowest BCUT2D eigenvalue weighted by molar-refractivity contribution is -0.137. The molecule has 3 amide bonds. The maximum atomic E-state index is 12.7. The molecule has 1 aromatic carbocycles. The van der Waals surface area contributed by atoms with Gasteiger partial charge in [0.25, 0.3) is 5.91 Å². The van der Waals surface area contributed by atoms with E-state index >= 15 is 0 Å². The third-order valence-corrected chi connectivity index (χ3v) is 3.40. The van der Waals surface area contributed by atoms with Gasteiger partial charge in [-0.2, -0.15) is 13.2 Å². The molecule has 0 saturated carbocycles. The van der Waals surface area contributed by atoms with E-state index in [1.807, 2.05) is 0 Å². The van der Waals surface area contributed by atoms with Crippen molar-refractivity contribution in [3.05, 3.63) is 35.4 Å². The van der Waals surface area contributed by atoms with Crippen molar-refractivity contribution in [1.29, 1.82) is 0 Å². The summed E-state index contributed by atoms with van der Waals surface area (Å²) < 4.78 is 38.0. The van der Waals surface area contributed by atoms with Crippen LogP contribution in [0.4, 0.5) is 18.0 Å². The number of amides is 3. The van der Waals surface area contributed by atoms with Crippen LogP contribution in [-0.4, -0.2) is 34.0 Å². The average molecular weight is 316 g/mol. The topological polar surface area (TPSA) is 69.6 Å². The summed E-state index contributed by atoms with van der Waals surface area (Å²) >= 11 is 0. The fraction of sp³-hybridized carbons (Fsp3) is 0.429. The van der Waals surface area contributed by atoms with Gasteiger partial charge in [-0.3, -0.25) is 9.69 Å². The number of carbonyl (C=O) groups is 2. The third kappa shape index (κ3) is 3.06. The van der Waals surface area contributed by atoms with Gasteiger partial charge < -0.3 is 10.4 Å². The van der Waals surface area contributed by atoms with Crippen LogP contribution in [0.2, 0.25) is 0 Å². The molecule has 1 aliphatic heterocycles. The van der Waals surface area contributed by atoms with E-state index in [-0.39, 0.29) is 5.56 Å². The number of aliphatic hydroxyl groups excluding tert-OH is 1. The molecule has 1 aliphatic rings. The Bertz CT molecular complexity index is 614. The van der Waals surface area contributed by atoms with E-state index in [1.165, 1.54) is 19.9 Å². The van der Waals surface area contributed by atoms with Gasteiger partial charge in [-0.1, -0.05) is 12.1 Å². The molecule has 1 heterocycles. The molecule has 8 heteroatoms. The zero-order valence-corrected chi connectivity index (χ0v) is 11.9. The third-order valence-electron chi connectivity index (χ3n) is 3.40. The second-order valence-corrected chi connectivity index (χ2v) is 5.61. The fourth-order valence-electron chi connectivity index (χ4n) is 2.18. The predicted molar refractivity (Wildman–Crippen MR) is 70.7 cm³/mol. The van der Waals surface area contributed by atoms with E-state index in [4.69, 9.17) is 0 Å². The standard InChI is InChI=1S/C14H15F3N2O3/c1-13(2)11(21)19(12(22)18-13)7-10(20)8-4-3-5-9(6-8)14(15,16)17/h3-6,10,20H,7H2,1-2H3,(H,18,22)/t10-/m1/s1. The highest BCUT2D eigenvalue weighted by molar-refractivity contribution is 6.06. The van der Waals surface area contributed by atoms with Gasteiger partial charge in [0, 0.05) is 0 Å².